The number of aliphatic carboxylic acids is 1. The van der Waals surface area contributed by atoms with E-state index in [9.17, 15) is 14.4 Å². The molecule has 34 heavy (non-hydrogen) atoms. The number of carbonyl (C=O) groups is 3. The first-order valence-electron chi connectivity index (χ1n) is 11.8. The molecule has 4 unspecified atom stereocenters. The van der Waals surface area contributed by atoms with E-state index < -0.39 is 12.1 Å². The summed E-state index contributed by atoms with van der Waals surface area (Å²) >= 11 is 0. The molecule has 3 aliphatic carbocycles. The lowest BCUT2D eigenvalue weighted by molar-refractivity contribution is -0.131. The van der Waals surface area contributed by atoms with Crippen LogP contribution in [0, 0.1) is 17.8 Å². The van der Waals surface area contributed by atoms with Crippen molar-refractivity contribution >= 4 is 18.0 Å². The molecule has 0 bridgehead atoms. The summed E-state index contributed by atoms with van der Waals surface area (Å²) in [6, 6.07) is 16.5. The summed E-state index contributed by atoms with van der Waals surface area (Å²) in [6.45, 7) is 0.494. The molecule has 4 atom stereocenters. The van der Waals surface area contributed by atoms with Crippen molar-refractivity contribution < 1.29 is 24.2 Å². The molecule has 3 aliphatic rings. The van der Waals surface area contributed by atoms with E-state index in [2.05, 4.69) is 34.9 Å². The Labute approximate surface area is 198 Å². The van der Waals surface area contributed by atoms with Gasteiger partial charge in [-0.25, -0.2) is 9.59 Å². The lowest BCUT2D eigenvalue weighted by Crippen LogP contribution is -2.50. The predicted octanol–water partition coefficient (Wildman–Crippen LogP) is 3.70. The van der Waals surface area contributed by atoms with E-state index in [0.29, 0.717) is 5.92 Å². The summed E-state index contributed by atoms with van der Waals surface area (Å²) in [6.07, 6.45) is 4.43. The first-order chi connectivity index (χ1) is 16.5. The number of hydrogen-bond acceptors (Lipinski definition) is 4. The quantitative estimate of drug-likeness (QED) is 0.547. The van der Waals surface area contributed by atoms with Gasteiger partial charge in [-0.3, -0.25) is 4.79 Å². The maximum atomic E-state index is 12.6. The Kier molecular flexibility index (Phi) is 6.09. The van der Waals surface area contributed by atoms with Crippen LogP contribution in [0.1, 0.15) is 36.3 Å². The molecule has 2 amide bonds. The zero-order valence-corrected chi connectivity index (χ0v) is 18.8. The van der Waals surface area contributed by atoms with Crippen LogP contribution < -0.4 is 10.6 Å². The van der Waals surface area contributed by atoms with Crippen molar-refractivity contribution in [2.24, 2.45) is 17.8 Å². The standard InChI is InChI=1S/C27H28N2O5/c30-25(31)10-5-11-28-26(32)17-12-16-14-24(22(16)13-17)29-27(33)34-15-23-20-8-3-1-6-18(20)19-7-2-4-9-21(19)23/h1-10,16-17,22-24H,11-15H2,(H,28,32)(H,29,33)(H,30,31)/b10-5+. The fraction of sp³-hybridized carbons (Fsp3) is 0.370. The van der Waals surface area contributed by atoms with Crippen molar-refractivity contribution in [3.05, 3.63) is 71.8 Å². The summed E-state index contributed by atoms with van der Waals surface area (Å²) in [5, 5.41) is 14.4. The molecule has 2 fully saturated rings. The molecule has 0 aliphatic heterocycles. The van der Waals surface area contributed by atoms with Crippen molar-refractivity contribution in [2.45, 2.75) is 31.2 Å². The second-order valence-corrected chi connectivity index (χ2v) is 9.39. The molecule has 0 aromatic heterocycles. The van der Waals surface area contributed by atoms with Crippen molar-refractivity contribution in [1.29, 1.82) is 0 Å². The van der Waals surface area contributed by atoms with Crippen LogP contribution in [0.3, 0.4) is 0 Å². The number of alkyl carbamates (subject to hydrolysis) is 1. The summed E-state index contributed by atoms with van der Waals surface area (Å²) in [7, 11) is 0. The van der Waals surface area contributed by atoms with Gasteiger partial charge in [0.15, 0.2) is 0 Å². The highest BCUT2D eigenvalue weighted by molar-refractivity contribution is 5.81. The average molecular weight is 461 g/mol. The first kappa shape index (κ1) is 22.2. The number of carboxylic acids is 1. The Hall–Kier alpha value is -3.61. The van der Waals surface area contributed by atoms with Gasteiger partial charge in [0.25, 0.3) is 0 Å². The van der Waals surface area contributed by atoms with Crippen LogP contribution in [0.25, 0.3) is 11.1 Å². The van der Waals surface area contributed by atoms with E-state index in [-0.39, 0.29) is 42.9 Å². The van der Waals surface area contributed by atoms with Crippen LogP contribution in [-0.2, 0) is 14.3 Å². The summed E-state index contributed by atoms with van der Waals surface area (Å²) < 4.78 is 5.67. The van der Waals surface area contributed by atoms with Crippen molar-refractivity contribution in [1.82, 2.24) is 10.6 Å². The summed E-state index contributed by atoms with van der Waals surface area (Å²) in [4.78, 5) is 35.5. The van der Waals surface area contributed by atoms with Crippen LogP contribution in [0.2, 0.25) is 0 Å². The average Bonchev–Trinajstić information content (AvgIpc) is 3.34. The normalized spacial score (nSPS) is 24.6. The third-order valence-electron chi connectivity index (χ3n) is 7.50. The highest BCUT2D eigenvalue weighted by atomic mass is 16.5. The molecule has 0 spiro atoms. The molecular formula is C27H28N2O5. The van der Waals surface area contributed by atoms with Gasteiger partial charge >= 0.3 is 12.1 Å². The third-order valence-corrected chi connectivity index (χ3v) is 7.50. The van der Waals surface area contributed by atoms with Crippen LogP contribution >= 0.6 is 0 Å². The van der Waals surface area contributed by atoms with Crippen LogP contribution in [0.5, 0.6) is 0 Å². The number of hydrogen-bond donors (Lipinski definition) is 3. The molecule has 5 rings (SSSR count). The van der Waals surface area contributed by atoms with Gasteiger partial charge in [0.2, 0.25) is 5.91 Å². The minimum Gasteiger partial charge on any atom is -0.478 e. The molecule has 2 aromatic rings. The number of carboxylic acid groups (broad SMARTS) is 1. The van der Waals surface area contributed by atoms with E-state index in [1.54, 1.807) is 0 Å². The number of benzene rings is 2. The second-order valence-electron chi connectivity index (χ2n) is 9.39. The minimum absolute atomic E-state index is 0.0297. The topological polar surface area (TPSA) is 105 Å². The number of rotatable bonds is 7. The van der Waals surface area contributed by atoms with E-state index in [0.717, 1.165) is 25.3 Å². The third kappa shape index (κ3) is 4.30. The lowest BCUT2D eigenvalue weighted by atomic mass is 9.71. The summed E-state index contributed by atoms with van der Waals surface area (Å²) in [5.74, 6) is -0.431. The zero-order chi connectivity index (χ0) is 23.7. The largest absolute Gasteiger partial charge is 0.478 e. The van der Waals surface area contributed by atoms with Gasteiger partial charge in [0.05, 0.1) is 0 Å². The fourth-order valence-electron chi connectivity index (χ4n) is 5.86. The molecule has 0 radical (unpaired) electrons. The number of amides is 2. The maximum Gasteiger partial charge on any atom is 0.407 e. The van der Waals surface area contributed by atoms with Gasteiger partial charge in [-0.2, -0.15) is 0 Å². The van der Waals surface area contributed by atoms with Crippen LogP contribution in [0.4, 0.5) is 4.79 Å². The van der Waals surface area contributed by atoms with Crippen molar-refractivity contribution in [3.8, 4) is 11.1 Å². The number of fused-ring (bicyclic) bond motifs is 4. The minimum atomic E-state index is -1.03. The van der Waals surface area contributed by atoms with Crippen molar-refractivity contribution in [2.75, 3.05) is 13.2 Å². The summed E-state index contributed by atoms with van der Waals surface area (Å²) in [5.41, 5.74) is 4.76. The first-order valence-corrected chi connectivity index (χ1v) is 11.8. The van der Waals surface area contributed by atoms with Gasteiger partial charge in [0.1, 0.15) is 6.61 Å². The Morgan fingerprint density at radius 3 is 2.32 bits per heavy atom. The molecule has 176 valence electrons. The smallest absolute Gasteiger partial charge is 0.407 e. The van der Waals surface area contributed by atoms with Gasteiger partial charge in [0, 0.05) is 30.5 Å². The van der Waals surface area contributed by atoms with E-state index >= 15 is 0 Å². The molecule has 0 heterocycles. The zero-order valence-electron chi connectivity index (χ0n) is 18.8. The van der Waals surface area contributed by atoms with Gasteiger partial charge in [-0.1, -0.05) is 54.6 Å². The molecule has 7 nitrogen and oxygen atoms in total. The van der Waals surface area contributed by atoms with Crippen molar-refractivity contribution in [3.63, 3.8) is 0 Å². The van der Waals surface area contributed by atoms with E-state index in [4.69, 9.17) is 9.84 Å². The Morgan fingerprint density at radius 2 is 1.65 bits per heavy atom. The highest BCUT2D eigenvalue weighted by Gasteiger charge is 2.50. The fourth-order valence-corrected chi connectivity index (χ4v) is 5.86. The van der Waals surface area contributed by atoms with Gasteiger partial charge in [-0.05, 0) is 53.4 Å². The number of nitrogens with one attached hydrogen (secondary N) is 2. The molecule has 0 saturated heterocycles. The van der Waals surface area contributed by atoms with Crippen LogP contribution in [0.15, 0.2) is 60.7 Å². The Balaban J connectivity index is 1.11. The van der Waals surface area contributed by atoms with E-state index in [1.807, 2.05) is 24.3 Å². The Morgan fingerprint density at radius 1 is 0.971 bits per heavy atom. The monoisotopic (exact) mass is 460 g/mol. The van der Waals surface area contributed by atoms with E-state index in [1.165, 1.54) is 28.3 Å². The molecular weight excluding hydrogens is 432 g/mol. The van der Waals surface area contributed by atoms with Gasteiger partial charge in [-0.15, -0.1) is 0 Å². The molecule has 3 N–H and O–H groups in total. The predicted molar refractivity (Wildman–Crippen MR) is 126 cm³/mol. The number of ether oxygens (including phenoxy) is 1. The highest BCUT2D eigenvalue weighted by Crippen LogP contribution is 2.50. The molecule has 2 aromatic carbocycles. The number of carbonyl (C=O) groups excluding carboxylic acids is 2. The van der Waals surface area contributed by atoms with Crippen LogP contribution in [-0.4, -0.2) is 42.3 Å². The lowest BCUT2D eigenvalue weighted by Gasteiger charge is -2.40. The second kappa shape index (κ2) is 9.33. The SMILES string of the molecule is O=C(O)/C=C/CNC(=O)C1CC2CC(NC(=O)OCC3c4ccccc4-c4ccccc43)C2C1. The van der Waals surface area contributed by atoms with Gasteiger partial charge < -0.3 is 20.5 Å². The molecule has 2 saturated carbocycles. The molecule has 7 heteroatoms. The Bertz CT molecular complexity index is 1100. The maximum absolute atomic E-state index is 12.6.